The highest BCUT2D eigenvalue weighted by Crippen LogP contribution is 2.27. The van der Waals surface area contributed by atoms with Gasteiger partial charge in [0.25, 0.3) is 5.56 Å². The van der Waals surface area contributed by atoms with E-state index in [0.29, 0.717) is 0 Å². The van der Waals surface area contributed by atoms with E-state index in [2.05, 4.69) is 10.9 Å². The normalized spacial score (nSPS) is 22.0. The van der Waals surface area contributed by atoms with Crippen molar-refractivity contribution in [3.8, 4) is 12.3 Å². The number of aromatic nitrogens is 2. The van der Waals surface area contributed by atoms with E-state index in [4.69, 9.17) is 16.0 Å². The lowest BCUT2D eigenvalue weighted by Crippen LogP contribution is -2.33. The molecule has 2 heterocycles. The van der Waals surface area contributed by atoms with Gasteiger partial charge in [-0.3, -0.25) is 24.0 Å². The zero-order valence-corrected chi connectivity index (χ0v) is 11.7. The molecule has 0 radical (unpaired) electrons. The Hall–Kier alpha value is -2.37. The molecule has 1 aliphatic rings. The fraction of sp³-hybridized carbons (Fsp3) is 0.462. The van der Waals surface area contributed by atoms with Crippen LogP contribution in [0, 0.1) is 12.3 Å². The van der Waals surface area contributed by atoms with Gasteiger partial charge in [0.1, 0.15) is 11.6 Å². The summed E-state index contributed by atoms with van der Waals surface area (Å²) in [6.45, 7) is 1.96. The number of hydroxylamine groups is 2. The Labute approximate surface area is 120 Å². The topological polar surface area (TPSA) is 93.6 Å². The molecule has 0 spiro atoms. The Morgan fingerprint density at radius 2 is 2.33 bits per heavy atom. The molecule has 8 heteroatoms. The lowest BCUT2D eigenvalue weighted by Gasteiger charge is -2.15. The van der Waals surface area contributed by atoms with E-state index in [1.165, 1.54) is 11.3 Å². The summed E-state index contributed by atoms with van der Waals surface area (Å²) in [7, 11) is 1.57. The third kappa shape index (κ3) is 2.89. The molecule has 0 bridgehead atoms. The van der Waals surface area contributed by atoms with Gasteiger partial charge in [0, 0.05) is 19.7 Å². The van der Waals surface area contributed by atoms with E-state index >= 15 is 0 Å². The van der Waals surface area contributed by atoms with Crippen molar-refractivity contribution >= 4 is 5.97 Å². The van der Waals surface area contributed by atoms with Crippen molar-refractivity contribution in [2.75, 3.05) is 13.7 Å². The molecule has 0 aliphatic carbocycles. The number of aromatic amines is 1. The van der Waals surface area contributed by atoms with Crippen LogP contribution in [-0.4, -0.2) is 40.3 Å². The minimum atomic E-state index is -0.735. The Morgan fingerprint density at radius 3 is 2.95 bits per heavy atom. The summed E-state index contributed by atoms with van der Waals surface area (Å²) >= 11 is 0. The van der Waals surface area contributed by atoms with Crippen LogP contribution in [-0.2, 0) is 14.4 Å². The zero-order valence-electron chi connectivity index (χ0n) is 11.7. The minimum absolute atomic E-state index is 0.0143. The summed E-state index contributed by atoms with van der Waals surface area (Å²) in [5.41, 5.74) is -1.27. The van der Waals surface area contributed by atoms with Crippen LogP contribution in [0.2, 0.25) is 0 Å². The molecular weight excluding hydrogens is 278 g/mol. The van der Waals surface area contributed by atoms with Crippen molar-refractivity contribution in [3.05, 3.63) is 32.6 Å². The van der Waals surface area contributed by atoms with Crippen LogP contribution < -0.4 is 11.2 Å². The van der Waals surface area contributed by atoms with E-state index in [1.54, 1.807) is 14.0 Å². The van der Waals surface area contributed by atoms with Gasteiger partial charge in [-0.05, 0) is 6.92 Å². The molecule has 0 amide bonds. The van der Waals surface area contributed by atoms with Crippen molar-refractivity contribution in [3.63, 3.8) is 0 Å². The number of H-pyrrole nitrogens is 1. The molecular formula is C13H15N3O5. The van der Waals surface area contributed by atoms with E-state index in [9.17, 15) is 14.4 Å². The maximum atomic E-state index is 11.8. The molecule has 1 aromatic rings. The third-order valence-corrected chi connectivity index (χ3v) is 3.14. The van der Waals surface area contributed by atoms with Gasteiger partial charge in [-0.1, -0.05) is 5.92 Å². The monoisotopic (exact) mass is 293 g/mol. The number of likely N-dealkylation sites (N-methyl/N-ethyl adjacent to an activating group) is 1. The first-order chi connectivity index (χ1) is 9.97. The zero-order chi connectivity index (χ0) is 15.6. The van der Waals surface area contributed by atoms with E-state index < -0.39 is 29.5 Å². The molecule has 0 saturated carbocycles. The van der Waals surface area contributed by atoms with Crippen LogP contribution >= 0.6 is 0 Å². The van der Waals surface area contributed by atoms with Crippen molar-refractivity contribution in [1.82, 2.24) is 14.6 Å². The van der Waals surface area contributed by atoms with Crippen LogP contribution in [0.1, 0.15) is 25.1 Å². The minimum Gasteiger partial charge on any atom is -0.465 e. The molecule has 1 fully saturated rings. The fourth-order valence-electron chi connectivity index (χ4n) is 2.10. The van der Waals surface area contributed by atoms with Gasteiger partial charge in [0.15, 0.2) is 6.23 Å². The lowest BCUT2D eigenvalue weighted by atomic mass is 10.2. The smallest absolute Gasteiger partial charge is 0.330 e. The second-order valence-electron chi connectivity index (χ2n) is 4.46. The van der Waals surface area contributed by atoms with Crippen molar-refractivity contribution in [2.24, 2.45) is 0 Å². The average Bonchev–Trinajstić information content (AvgIpc) is 2.81. The van der Waals surface area contributed by atoms with Crippen molar-refractivity contribution in [1.29, 1.82) is 0 Å². The van der Waals surface area contributed by atoms with Crippen LogP contribution in [0.15, 0.2) is 15.8 Å². The van der Waals surface area contributed by atoms with Gasteiger partial charge in [0.05, 0.1) is 6.61 Å². The summed E-state index contributed by atoms with van der Waals surface area (Å²) in [5, 5.41) is 1.33. The Morgan fingerprint density at radius 1 is 1.62 bits per heavy atom. The molecule has 0 unspecified atom stereocenters. The molecule has 112 valence electrons. The van der Waals surface area contributed by atoms with Gasteiger partial charge in [0.2, 0.25) is 0 Å². The summed E-state index contributed by atoms with van der Waals surface area (Å²) < 4.78 is 6.10. The van der Waals surface area contributed by atoms with Crippen LogP contribution in [0.5, 0.6) is 0 Å². The molecule has 21 heavy (non-hydrogen) atoms. The predicted octanol–water partition coefficient (Wildman–Crippen LogP) is -0.785. The number of rotatable bonds is 3. The van der Waals surface area contributed by atoms with Crippen molar-refractivity contribution < 1.29 is 14.4 Å². The SMILES string of the molecule is C#Cc1cn([C@@H]2C[C@H](C(=O)OCC)N(C)O2)c(=O)[nH]c1=O. The second kappa shape index (κ2) is 5.95. The number of carbonyl (C=O) groups is 1. The first kappa shape index (κ1) is 15.0. The van der Waals surface area contributed by atoms with Gasteiger partial charge in [-0.25, -0.2) is 4.79 Å². The van der Waals surface area contributed by atoms with Gasteiger partial charge in [-0.2, -0.15) is 5.06 Å². The van der Waals surface area contributed by atoms with Gasteiger partial charge in [-0.15, -0.1) is 6.42 Å². The molecule has 0 aromatic carbocycles. The van der Waals surface area contributed by atoms with Crippen LogP contribution in [0.3, 0.4) is 0 Å². The molecule has 1 aromatic heterocycles. The largest absolute Gasteiger partial charge is 0.465 e. The summed E-state index contributed by atoms with van der Waals surface area (Å²) in [6, 6.07) is -0.622. The number of ether oxygens (including phenoxy) is 1. The average molecular weight is 293 g/mol. The predicted molar refractivity (Wildman–Crippen MR) is 72.2 cm³/mol. The Bertz CT molecular complexity index is 699. The van der Waals surface area contributed by atoms with E-state index in [1.807, 2.05) is 0 Å². The maximum absolute atomic E-state index is 11.8. The van der Waals surface area contributed by atoms with Crippen LogP contribution in [0.4, 0.5) is 0 Å². The molecule has 1 aliphatic heterocycles. The number of hydrogen-bond acceptors (Lipinski definition) is 6. The first-order valence-electron chi connectivity index (χ1n) is 6.36. The second-order valence-corrected chi connectivity index (χ2v) is 4.46. The van der Waals surface area contributed by atoms with E-state index in [-0.39, 0.29) is 18.6 Å². The lowest BCUT2D eigenvalue weighted by molar-refractivity contribution is -0.182. The summed E-state index contributed by atoms with van der Waals surface area (Å²) in [6.07, 6.45) is 5.92. The molecule has 1 saturated heterocycles. The number of carbonyl (C=O) groups excluding carboxylic acids is 1. The molecule has 8 nitrogen and oxygen atoms in total. The summed E-state index contributed by atoms with van der Waals surface area (Å²) in [4.78, 5) is 42.6. The van der Waals surface area contributed by atoms with E-state index in [0.717, 1.165) is 4.57 Å². The molecule has 2 rings (SSSR count). The number of nitrogens with one attached hydrogen (secondary N) is 1. The summed E-state index contributed by atoms with van der Waals surface area (Å²) in [5.74, 6) is 1.75. The van der Waals surface area contributed by atoms with Gasteiger partial charge >= 0.3 is 11.7 Å². The van der Waals surface area contributed by atoms with Gasteiger partial charge < -0.3 is 4.74 Å². The maximum Gasteiger partial charge on any atom is 0.330 e. The standard InChI is InChI=1S/C13H15N3O5/c1-4-8-7-16(13(19)14-11(8)17)10-6-9(15(3)21-10)12(18)20-5-2/h1,7,9-10H,5-6H2,2-3H3,(H,14,17,19)/t9-,10+/m1/s1. The Kier molecular flexibility index (Phi) is 4.26. The highest BCUT2D eigenvalue weighted by Gasteiger charge is 2.38. The highest BCUT2D eigenvalue weighted by molar-refractivity contribution is 5.75. The number of nitrogens with zero attached hydrogens (tertiary/aromatic N) is 2. The third-order valence-electron chi connectivity index (χ3n) is 3.14. The van der Waals surface area contributed by atoms with Crippen LogP contribution in [0.25, 0.3) is 0 Å². The Balaban J connectivity index is 2.29. The van der Waals surface area contributed by atoms with Crippen molar-refractivity contribution in [2.45, 2.75) is 25.6 Å². The molecule has 1 N–H and O–H groups in total. The number of hydrogen-bond donors (Lipinski definition) is 1. The highest BCUT2D eigenvalue weighted by atomic mass is 16.7. The quantitative estimate of drug-likeness (QED) is 0.580. The number of terminal acetylenes is 1. The first-order valence-corrected chi connectivity index (χ1v) is 6.36. The fourth-order valence-corrected chi connectivity index (χ4v) is 2.10. The molecule has 2 atom stereocenters. The number of esters is 1.